The zero-order chi connectivity index (χ0) is 16.8. The zero-order valence-corrected chi connectivity index (χ0v) is 13.2. The van der Waals surface area contributed by atoms with Crippen LogP contribution in [0.1, 0.15) is 21.5 Å². The van der Waals surface area contributed by atoms with E-state index in [1.807, 2.05) is 30.4 Å². The molecule has 120 valence electrons. The third-order valence-electron chi connectivity index (χ3n) is 3.32. The van der Waals surface area contributed by atoms with E-state index in [-0.39, 0.29) is 11.3 Å². The molecule has 0 aromatic heterocycles. The van der Waals surface area contributed by atoms with Gasteiger partial charge in [-0.2, -0.15) is 0 Å². The summed E-state index contributed by atoms with van der Waals surface area (Å²) in [5, 5.41) is 9.71. The first-order valence-electron chi connectivity index (χ1n) is 6.90. The molecule has 2 aromatic carbocycles. The van der Waals surface area contributed by atoms with Crippen molar-refractivity contribution in [1.29, 1.82) is 0 Å². The van der Waals surface area contributed by atoms with Crippen LogP contribution >= 0.6 is 0 Å². The van der Waals surface area contributed by atoms with Crippen LogP contribution < -0.4 is 9.47 Å². The Labute approximate surface area is 134 Å². The van der Waals surface area contributed by atoms with Gasteiger partial charge in [0.2, 0.25) is 0 Å². The van der Waals surface area contributed by atoms with Gasteiger partial charge in [-0.1, -0.05) is 18.2 Å². The molecule has 0 saturated carbocycles. The standard InChI is InChI=1S/C18H18O5/c1-21-14-7-9-17(22-2)13(11-14)6-4-12-5-8-16(19)15(10-12)18(20)23-3/h4-11,19H,1-3H3/b6-4+. The molecule has 0 bridgehead atoms. The molecule has 5 nitrogen and oxygen atoms in total. The van der Waals surface area contributed by atoms with Crippen molar-refractivity contribution in [2.24, 2.45) is 0 Å². The number of esters is 1. The fraction of sp³-hybridized carbons (Fsp3) is 0.167. The van der Waals surface area contributed by atoms with Crippen LogP contribution in [0.15, 0.2) is 36.4 Å². The van der Waals surface area contributed by atoms with E-state index >= 15 is 0 Å². The lowest BCUT2D eigenvalue weighted by atomic mass is 10.1. The van der Waals surface area contributed by atoms with Gasteiger partial charge in [-0.05, 0) is 35.9 Å². The van der Waals surface area contributed by atoms with E-state index in [1.165, 1.54) is 13.2 Å². The number of phenolic OH excluding ortho intramolecular Hbond substituents is 1. The minimum atomic E-state index is -0.586. The summed E-state index contributed by atoms with van der Waals surface area (Å²) >= 11 is 0. The number of benzene rings is 2. The van der Waals surface area contributed by atoms with Crippen LogP contribution in [0.25, 0.3) is 12.2 Å². The maximum absolute atomic E-state index is 11.6. The quantitative estimate of drug-likeness (QED) is 0.677. The molecule has 0 radical (unpaired) electrons. The molecule has 0 atom stereocenters. The highest BCUT2D eigenvalue weighted by Gasteiger charge is 2.11. The molecular weight excluding hydrogens is 296 g/mol. The van der Waals surface area contributed by atoms with Gasteiger partial charge in [-0.25, -0.2) is 4.79 Å². The summed E-state index contributed by atoms with van der Waals surface area (Å²) in [7, 11) is 4.46. The Morgan fingerprint density at radius 1 is 1.00 bits per heavy atom. The van der Waals surface area contributed by atoms with Crippen molar-refractivity contribution in [3.8, 4) is 17.2 Å². The number of carbonyl (C=O) groups is 1. The molecule has 2 rings (SSSR count). The fourth-order valence-corrected chi connectivity index (χ4v) is 2.09. The largest absolute Gasteiger partial charge is 0.507 e. The molecule has 2 aromatic rings. The van der Waals surface area contributed by atoms with Crippen LogP contribution in [0.2, 0.25) is 0 Å². The number of carbonyl (C=O) groups excluding carboxylic acids is 1. The number of ether oxygens (including phenoxy) is 3. The normalized spacial score (nSPS) is 10.6. The Balaban J connectivity index is 2.35. The number of aromatic hydroxyl groups is 1. The average Bonchev–Trinajstić information content (AvgIpc) is 2.59. The molecule has 0 fully saturated rings. The molecule has 0 heterocycles. The predicted molar refractivity (Wildman–Crippen MR) is 87.9 cm³/mol. The maximum atomic E-state index is 11.6. The number of rotatable bonds is 5. The second kappa shape index (κ2) is 7.35. The molecule has 0 saturated heterocycles. The van der Waals surface area contributed by atoms with E-state index in [2.05, 4.69) is 4.74 Å². The second-order valence-corrected chi connectivity index (χ2v) is 4.71. The Bertz CT molecular complexity index is 734. The van der Waals surface area contributed by atoms with Gasteiger partial charge in [-0.3, -0.25) is 0 Å². The van der Waals surface area contributed by atoms with Crippen molar-refractivity contribution >= 4 is 18.1 Å². The van der Waals surface area contributed by atoms with Crippen LogP contribution in [0, 0.1) is 0 Å². The van der Waals surface area contributed by atoms with Crippen molar-refractivity contribution in [3.63, 3.8) is 0 Å². The smallest absolute Gasteiger partial charge is 0.341 e. The third-order valence-corrected chi connectivity index (χ3v) is 3.32. The molecular formula is C18H18O5. The zero-order valence-electron chi connectivity index (χ0n) is 13.2. The summed E-state index contributed by atoms with van der Waals surface area (Å²) < 4.78 is 15.2. The average molecular weight is 314 g/mol. The van der Waals surface area contributed by atoms with Crippen molar-refractivity contribution in [2.75, 3.05) is 21.3 Å². The number of hydrogen-bond acceptors (Lipinski definition) is 5. The van der Waals surface area contributed by atoms with Gasteiger partial charge < -0.3 is 19.3 Å². The highest BCUT2D eigenvalue weighted by molar-refractivity contribution is 5.93. The fourth-order valence-electron chi connectivity index (χ4n) is 2.09. The van der Waals surface area contributed by atoms with Gasteiger partial charge in [0, 0.05) is 5.56 Å². The summed E-state index contributed by atoms with van der Waals surface area (Å²) in [5.74, 6) is 0.713. The Hall–Kier alpha value is -2.95. The summed E-state index contributed by atoms with van der Waals surface area (Å²) in [5.41, 5.74) is 1.69. The number of methoxy groups -OCH3 is 3. The lowest BCUT2D eigenvalue weighted by Crippen LogP contribution is -2.01. The predicted octanol–water partition coefficient (Wildman–Crippen LogP) is 3.37. The van der Waals surface area contributed by atoms with Crippen LogP contribution in [-0.4, -0.2) is 32.4 Å². The van der Waals surface area contributed by atoms with Gasteiger partial charge in [0.1, 0.15) is 22.8 Å². The van der Waals surface area contributed by atoms with Crippen LogP contribution in [-0.2, 0) is 4.74 Å². The topological polar surface area (TPSA) is 65.0 Å². The van der Waals surface area contributed by atoms with Gasteiger partial charge in [0.05, 0.1) is 21.3 Å². The summed E-state index contributed by atoms with van der Waals surface area (Å²) in [6.07, 6.45) is 3.65. The molecule has 0 aliphatic carbocycles. The van der Waals surface area contributed by atoms with Crippen molar-refractivity contribution in [2.45, 2.75) is 0 Å². The monoisotopic (exact) mass is 314 g/mol. The van der Waals surface area contributed by atoms with Gasteiger partial charge in [0.25, 0.3) is 0 Å². The summed E-state index contributed by atoms with van der Waals surface area (Å²) in [6.45, 7) is 0. The van der Waals surface area contributed by atoms with Gasteiger partial charge >= 0.3 is 5.97 Å². The van der Waals surface area contributed by atoms with Crippen molar-refractivity contribution in [3.05, 3.63) is 53.1 Å². The molecule has 0 aliphatic heterocycles. The second-order valence-electron chi connectivity index (χ2n) is 4.71. The highest BCUT2D eigenvalue weighted by Crippen LogP contribution is 2.26. The molecule has 23 heavy (non-hydrogen) atoms. The van der Waals surface area contributed by atoms with E-state index in [4.69, 9.17) is 9.47 Å². The van der Waals surface area contributed by atoms with Gasteiger partial charge in [-0.15, -0.1) is 0 Å². The van der Waals surface area contributed by atoms with E-state index in [1.54, 1.807) is 26.4 Å². The lowest BCUT2D eigenvalue weighted by Gasteiger charge is -2.07. The summed E-state index contributed by atoms with van der Waals surface area (Å²) in [4.78, 5) is 11.6. The molecule has 0 unspecified atom stereocenters. The molecule has 0 spiro atoms. The molecule has 5 heteroatoms. The minimum absolute atomic E-state index is 0.118. The molecule has 0 amide bonds. The number of hydrogen-bond donors (Lipinski definition) is 1. The van der Waals surface area contributed by atoms with Crippen molar-refractivity contribution < 1.29 is 24.1 Å². The first-order chi connectivity index (χ1) is 11.1. The maximum Gasteiger partial charge on any atom is 0.341 e. The first kappa shape index (κ1) is 16.4. The molecule has 0 aliphatic rings. The van der Waals surface area contributed by atoms with Crippen LogP contribution in [0.4, 0.5) is 0 Å². The minimum Gasteiger partial charge on any atom is -0.507 e. The van der Waals surface area contributed by atoms with Crippen LogP contribution in [0.3, 0.4) is 0 Å². The van der Waals surface area contributed by atoms with Crippen LogP contribution in [0.5, 0.6) is 17.2 Å². The van der Waals surface area contributed by atoms with Gasteiger partial charge in [0.15, 0.2) is 0 Å². The Morgan fingerprint density at radius 2 is 1.78 bits per heavy atom. The van der Waals surface area contributed by atoms with Crippen molar-refractivity contribution in [1.82, 2.24) is 0 Å². The third kappa shape index (κ3) is 3.83. The Morgan fingerprint density at radius 3 is 2.43 bits per heavy atom. The van der Waals surface area contributed by atoms with E-state index in [0.29, 0.717) is 11.5 Å². The SMILES string of the molecule is COC(=O)c1cc(/C=C/c2cc(OC)ccc2OC)ccc1O. The van der Waals surface area contributed by atoms with E-state index < -0.39 is 5.97 Å². The first-order valence-corrected chi connectivity index (χ1v) is 6.90. The van der Waals surface area contributed by atoms with E-state index in [9.17, 15) is 9.90 Å². The highest BCUT2D eigenvalue weighted by atomic mass is 16.5. The van der Waals surface area contributed by atoms with E-state index in [0.717, 1.165) is 11.1 Å². The number of phenols is 1. The molecule has 1 N–H and O–H groups in total. The summed E-state index contributed by atoms with van der Waals surface area (Å²) in [6, 6.07) is 10.2. The Kier molecular flexibility index (Phi) is 5.25. The lowest BCUT2D eigenvalue weighted by molar-refractivity contribution is 0.0597.